The predicted molar refractivity (Wildman–Crippen MR) is 141 cm³/mol. The van der Waals surface area contributed by atoms with Gasteiger partial charge in [0, 0.05) is 5.56 Å². The summed E-state index contributed by atoms with van der Waals surface area (Å²) in [6, 6.07) is 18.4. The summed E-state index contributed by atoms with van der Waals surface area (Å²) < 4.78 is 26.2. The Morgan fingerprint density at radius 3 is 2.64 bits per heavy atom. The Balaban J connectivity index is 1.56. The molecule has 0 bridgehead atoms. The Morgan fingerprint density at radius 2 is 1.92 bits per heavy atom. The van der Waals surface area contributed by atoms with Crippen LogP contribution >= 0.6 is 0 Å². The molecule has 0 radical (unpaired) electrons. The second-order valence-corrected chi connectivity index (χ2v) is 9.41. The van der Waals surface area contributed by atoms with Crippen LogP contribution in [0.5, 0.6) is 11.5 Å². The number of ether oxygens (including phenoxy) is 2. The van der Waals surface area contributed by atoms with Crippen molar-refractivity contribution >= 4 is 12.0 Å². The van der Waals surface area contributed by atoms with Crippen molar-refractivity contribution < 1.29 is 23.8 Å². The minimum atomic E-state index is -0.792. The van der Waals surface area contributed by atoms with Crippen LogP contribution in [0.2, 0.25) is 0 Å². The Hall–Kier alpha value is -3.60. The molecule has 1 saturated carbocycles. The van der Waals surface area contributed by atoms with E-state index in [4.69, 9.17) is 9.47 Å². The molecule has 0 unspecified atom stereocenters. The van der Waals surface area contributed by atoms with Crippen molar-refractivity contribution in [3.05, 3.63) is 89.2 Å². The van der Waals surface area contributed by atoms with E-state index in [1.165, 1.54) is 18.9 Å². The lowest BCUT2D eigenvalue weighted by atomic mass is 9.91. The molecular weight excluding hydrogens is 455 g/mol. The quantitative estimate of drug-likeness (QED) is 0.282. The topological polar surface area (TPSA) is 55.8 Å². The van der Waals surface area contributed by atoms with Gasteiger partial charge in [-0.1, -0.05) is 49.8 Å². The highest BCUT2D eigenvalue weighted by atomic mass is 19.1. The molecule has 1 atom stereocenters. The van der Waals surface area contributed by atoms with Gasteiger partial charge in [-0.2, -0.15) is 0 Å². The van der Waals surface area contributed by atoms with E-state index in [9.17, 15) is 14.3 Å². The zero-order valence-corrected chi connectivity index (χ0v) is 20.9. The van der Waals surface area contributed by atoms with E-state index in [0.717, 1.165) is 35.1 Å². The second-order valence-electron chi connectivity index (χ2n) is 9.41. The van der Waals surface area contributed by atoms with E-state index in [1.807, 2.05) is 42.5 Å². The number of carbonyl (C=O) groups is 1. The number of aliphatic carboxylic acids is 1. The average Bonchev–Trinajstić information content (AvgIpc) is 3.71. The fourth-order valence-corrected chi connectivity index (χ4v) is 4.42. The SMILES string of the molecule is CCC[C@@H](CC(=O)O)c1cccc(OCc2ccc(-c3cc(OC)ccc3F)c(C=CC3CC3)c2)c1. The van der Waals surface area contributed by atoms with Crippen LogP contribution in [-0.2, 0) is 11.4 Å². The lowest BCUT2D eigenvalue weighted by Crippen LogP contribution is -2.06. The van der Waals surface area contributed by atoms with Gasteiger partial charge in [0.1, 0.15) is 23.9 Å². The maximum absolute atomic E-state index is 14.7. The summed E-state index contributed by atoms with van der Waals surface area (Å²) in [5.74, 6) is 0.793. The number of allylic oxidation sites excluding steroid dienone is 1. The highest BCUT2D eigenvalue weighted by Gasteiger charge is 2.18. The molecule has 0 heterocycles. The molecule has 1 aliphatic carbocycles. The maximum Gasteiger partial charge on any atom is 0.303 e. The molecule has 4 nitrogen and oxygen atoms in total. The van der Waals surface area contributed by atoms with Gasteiger partial charge < -0.3 is 14.6 Å². The van der Waals surface area contributed by atoms with Gasteiger partial charge in [-0.25, -0.2) is 4.39 Å². The van der Waals surface area contributed by atoms with E-state index in [-0.39, 0.29) is 18.2 Å². The van der Waals surface area contributed by atoms with Crippen molar-refractivity contribution in [2.75, 3.05) is 7.11 Å². The smallest absolute Gasteiger partial charge is 0.303 e. The predicted octanol–water partition coefficient (Wildman–Crippen LogP) is 7.86. The van der Waals surface area contributed by atoms with Gasteiger partial charge in [-0.05, 0) is 89.8 Å². The van der Waals surface area contributed by atoms with Crippen LogP contribution in [0.3, 0.4) is 0 Å². The number of benzene rings is 3. The van der Waals surface area contributed by atoms with Crippen molar-refractivity contribution in [1.29, 1.82) is 0 Å². The zero-order valence-electron chi connectivity index (χ0n) is 20.9. The molecule has 188 valence electrons. The Labute approximate surface area is 212 Å². The Bertz CT molecular complexity index is 1230. The molecule has 0 spiro atoms. The first-order valence-corrected chi connectivity index (χ1v) is 12.6. The van der Waals surface area contributed by atoms with Gasteiger partial charge >= 0.3 is 5.97 Å². The summed E-state index contributed by atoms with van der Waals surface area (Å²) in [6.45, 7) is 2.41. The highest BCUT2D eigenvalue weighted by molar-refractivity contribution is 5.77. The second kappa shape index (κ2) is 11.9. The summed E-state index contributed by atoms with van der Waals surface area (Å²) >= 11 is 0. The van der Waals surface area contributed by atoms with Crippen molar-refractivity contribution in [3.8, 4) is 22.6 Å². The van der Waals surface area contributed by atoms with Gasteiger partial charge in [0.25, 0.3) is 0 Å². The van der Waals surface area contributed by atoms with Gasteiger partial charge in [-0.3, -0.25) is 4.79 Å². The fraction of sp³-hybridized carbons (Fsp3) is 0.323. The summed E-state index contributed by atoms with van der Waals surface area (Å²) in [4.78, 5) is 11.3. The molecule has 0 aromatic heterocycles. The number of hydrogen-bond donors (Lipinski definition) is 1. The van der Waals surface area contributed by atoms with Crippen LogP contribution in [0.1, 0.15) is 61.6 Å². The molecule has 36 heavy (non-hydrogen) atoms. The van der Waals surface area contributed by atoms with Crippen LogP contribution < -0.4 is 9.47 Å². The third kappa shape index (κ3) is 6.75. The van der Waals surface area contributed by atoms with E-state index < -0.39 is 5.97 Å². The first-order valence-electron chi connectivity index (χ1n) is 12.6. The van der Waals surface area contributed by atoms with Crippen molar-refractivity contribution in [1.82, 2.24) is 0 Å². The maximum atomic E-state index is 14.7. The monoisotopic (exact) mass is 488 g/mol. The molecule has 1 aliphatic rings. The van der Waals surface area contributed by atoms with Gasteiger partial charge in [0.05, 0.1) is 13.5 Å². The minimum Gasteiger partial charge on any atom is -0.497 e. The van der Waals surface area contributed by atoms with Crippen LogP contribution in [0.25, 0.3) is 17.2 Å². The van der Waals surface area contributed by atoms with Gasteiger partial charge in [0.2, 0.25) is 0 Å². The summed E-state index contributed by atoms with van der Waals surface area (Å²) in [5.41, 5.74) is 4.20. The molecule has 0 amide bonds. The number of methoxy groups -OCH3 is 1. The molecule has 0 aliphatic heterocycles. The summed E-state index contributed by atoms with van der Waals surface area (Å²) in [7, 11) is 1.58. The number of rotatable bonds is 12. The molecule has 1 fully saturated rings. The molecule has 0 saturated heterocycles. The molecular formula is C31H33FO4. The Kier molecular flexibility index (Phi) is 8.42. The van der Waals surface area contributed by atoms with Gasteiger partial charge in [-0.15, -0.1) is 0 Å². The normalized spacial score (nSPS) is 14.1. The average molecular weight is 489 g/mol. The van der Waals surface area contributed by atoms with E-state index in [1.54, 1.807) is 19.2 Å². The highest BCUT2D eigenvalue weighted by Crippen LogP contribution is 2.35. The lowest BCUT2D eigenvalue weighted by Gasteiger charge is -2.16. The number of halogens is 1. The largest absolute Gasteiger partial charge is 0.497 e. The first-order chi connectivity index (χ1) is 17.5. The van der Waals surface area contributed by atoms with E-state index in [2.05, 4.69) is 19.1 Å². The van der Waals surface area contributed by atoms with Crippen molar-refractivity contribution in [2.45, 2.75) is 51.6 Å². The van der Waals surface area contributed by atoms with Crippen molar-refractivity contribution in [3.63, 3.8) is 0 Å². The van der Waals surface area contributed by atoms with Crippen LogP contribution in [0.4, 0.5) is 4.39 Å². The molecule has 1 N–H and O–H groups in total. The minimum absolute atomic E-state index is 0.0349. The number of hydrogen-bond acceptors (Lipinski definition) is 3. The number of carboxylic acids is 1. The van der Waals surface area contributed by atoms with E-state index in [0.29, 0.717) is 29.6 Å². The first kappa shape index (κ1) is 25.5. The third-order valence-corrected chi connectivity index (χ3v) is 6.54. The third-order valence-electron chi connectivity index (χ3n) is 6.54. The van der Waals surface area contributed by atoms with Gasteiger partial charge in [0.15, 0.2) is 0 Å². The van der Waals surface area contributed by atoms with Crippen LogP contribution in [0, 0.1) is 11.7 Å². The fourth-order valence-electron chi connectivity index (χ4n) is 4.42. The summed E-state index contributed by atoms with van der Waals surface area (Å²) in [5, 5.41) is 9.28. The lowest BCUT2D eigenvalue weighted by molar-refractivity contribution is -0.137. The van der Waals surface area contributed by atoms with Crippen LogP contribution in [0.15, 0.2) is 66.7 Å². The van der Waals surface area contributed by atoms with Crippen molar-refractivity contribution in [2.24, 2.45) is 5.92 Å². The zero-order chi connectivity index (χ0) is 25.5. The Morgan fingerprint density at radius 1 is 1.08 bits per heavy atom. The van der Waals surface area contributed by atoms with Crippen LogP contribution in [-0.4, -0.2) is 18.2 Å². The molecule has 5 heteroatoms. The molecule has 3 aromatic carbocycles. The standard InChI is InChI=1S/C31H33FO4/c1-3-5-23(18-31(33)34)24-6-4-7-27(17-24)36-20-22-11-14-28(25(16-22)12-10-21-8-9-21)29-19-26(35-2)13-15-30(29)32/h4,6-7,10-17,19,21,23H,3,5,8-9,18,20H2,1-2H3,(H,33,34)/t23-/m0/s1. The van der Waals surface area contributed by atoms with E-state index >= 15 is 0 Å². The molecule has 4 rings (SSSR count). The molecule has 3 aromatic rings. The summed E-state index contributed by atoms with van der Waals surface area (Å²) in [6.07, 6.45) is 8.50. The number of carboxylic acid groups (broad SMARTS) is 1.